The highest BCUT2D eigenvalue weighted by Crippen LogP contribution is 2.12. The zero-order valence-corrected chi connectivity index (χ0v) is 5.46. The minimum absolute atomic E-state index is 0.343. The summed E-state index contributed by atoms with van der Waals surface area (Å²) in [5, 5.41) is 13.8. The molecule has 4 N–H and O–H groups in total. The van der Waals surface area contributed by atoms with Crippen LogP contribution in [0.25, 0.3) is 0 Å². The number of rotatable bonds is 0. The van der Waals surface area contributed by atoms with Gasteiger partial charge in [-0.05, 0) is 0 Å². The summed E-state index contributed by atoms with van der Waals surface area (Å²) in [6.45, 7) is 0. The van der Waals surface area contributed by atoms with Gasteiger partial charge in [-0.25, -0.2) is 4.98 Å². The molecule has 2 rings (SSSR count). The lowest BCUT2D eigenvalue weighted by molar-refractivity contribution is 0.0808. The first-order chi connectivity index (χ1) is 5.27. The van der Waals surface area contributed by atoms with Crippen LogP contribution in [0.4, 0.5) is 5.82 Å². The van der Waals surface area contributed by atoms with E-state index in [1.807, 2.05) is 0 Å². The van der Waals surface area contributed by atoms with Crippen molar-refractivity contribution in [2.45, 2.75) is 6.35 Å². The molecule has 1 aromatic rings. The second-order valence-corrected chi connectivity index (χ2v) is 2.15. The van der Waals surface area contributed by atoms with E-state index >= 15 is 0 Å². The van der Waals surface area contributed by atoms with E-state index in [1.165, 1.54) is 6.33 Å². The van der Waals surface area contributed by atoms with E-state index in [0.717, 1.165) is 0 Å². The standard InChI is InChI=1S/C5H6N4O2/c10-4-2-3(7-1-6-2)8-5(11)9-4/h1,5,8,11H,(H,6,7)(H,9,10). The number of hydrogen-bond donors (Lipinski definition) is 4. The molecule has 1 unspecified atom stereocenters. The number of carbonyl (C=O) groups is 1. The molecule has 1 atom stereocenters. The first-order valence-electron chi connectivity index (χ1n) is 3.06. The maximum absolute atomic E-state index is 11.0. The summed E-state index contributed by atoms with van der Waals surface area (Å²) in [6.07, 6.45) is 0.341. The fraction of sp³-hybridized carbons (Fsp3) is 0.200. The number of carbonyl (C=O) groups excluding carboxylic acids is 1. The van der Waals surface area contributed by atoms with Gasteiger partial charge in [0.05, 0.1) is 6.33 Å². The van der Waals surface area contributed by atoms with E-state index in [-0.39, 0.29) is 5.91 Å². The van der Waals surface area contributed by atoms with Crippen LogP contribution in [0.15, 0.2) is 6.33 Å². The minimum Gasteiger partial charge on any atom is -0.356 e. The van der Waals surface area contributed by atoms with Crippen LogP contribution in [-0.2, 0) is 0 Å². The maximum Gasteiger partial charge on any atom is 0.274 e. The van der Waals surface area contributed by atoms with Crippen LogP contribution in [0.2, 0.25) is 0 Å². The summed E-state index contributed by atoms with van der Waals surface area (Å²) in [5.41, 5.74) is 0.343. The molecule has 1 aliphatic rings. The van der Waals surface area contributed by atoms with Gasteiger partial charge in [-0.1, -0.05) is 0 Å². The molecule has 0 saturated carbocycles. The number of aliphatic hydroxyl groups excluding tert-OH is 1. The van der Waals surface area contributed by atoms with E-state index in [0.29, 0.717) is 11.5 Å². The van der Waals surface area contributed by atoms with Gasteiger partial charge in [0.25, 0.3) is 5.91 Å². The molecule has 2 heterocycles. The molecule has 1 aromatic heterocycles. The predicted molar refractivity (Wildman–Crippen MR) is 35.7 cm³/mol. The lowest BCUT2D eigenvalue weighted by atomic mass is 10.3. The van der Waals surface area contributed by atoms with Crippen molar-refractivity contribution < 1.29 is 9.90 Å². The van der Waals surface area contributed by atoms with Gasteiger partial charge >= 0.3 is 0 Å². The van der Waals surface area contributed by atoms with Crippen molar-refractivity contribution in [1.82, 2.24) is 15.3 Å². The Bertz CT molecular complexity index is 294. The summed E-state index contributed by atoms with van der Waals surface area (Å²) in [6, 6.07) is 0. The minimum atomic E-state index is -1.04. The Morgan fingerprint density at radius 1 is 1.55 bits per heavy atom. The summed E-state index contributed by atoms with van der Waals surface area (Å²) >= 11 is 0. The zero-order chi connectivity index (χ0) is 7.84. The Balaban J connectivity index is 2.44. The topological polar surface area (TPSA) is 90.0 Å². The van der Waals surface area contributed by atoms with Gasteiger partial charge in [0.15, 0.2) is 5.82 Å². The molecule has 0 radical (unpaired) electrons. The molecule has 11 heavy (non-hydrogen) atoms. The third-order valence-corrected chi connectivity index (χ3v) is 1.41. The molecule has 0 spiro atoms. The number of aromatic nitrogens is 2. The number of nitrogens with zero attached hydrogens (tertiary/aromatic N) is 1. The van der Waals surface area contributed by atoms with Crippen molar-refractivity contribution in [3.63, 3.8) is 0 Å². The molecule has 0 saturated heterocycles. The molecular formula is C5H6N4O2. The van der Waals surface area contributed by atoms with Crippen molar-refractivity contribution in [2.75, 3.05) is 5.32 Å². The first-order valence-corrected chi connectivity index (χ1v) is 3.06. The summed E-state index contributed by atoms with van der Waals surface area (Å²) in [4.78, 5) is 17.4. The fourth-order valence-electron chi connectivity index (χ4n) is 0.939. The first kappa shape index (κ1) is 6.17. The van der Waals surface area contributed by atoms with Gasteiger partial charge in [-0.15, -0.1) is 0 Å². The van der Waals surface area contributed by atoms with Crippen LogP contribution in [0.5, 0.6) is 0 Å². The van der Waals surface area contributed by atoms with Gasteiger partial charge in [0.2, 0.25) is 6.35 Å². The van der Waals surface area contributed by atoms with E-state index in [1.54, 1.807) is 0 Å². The second kappa shape index (κ2) is 1.96. The zero-order valence-electron chi connectivity index (χ0n) is 5.46. The number of nitrogens with one attached hydrogen (secondary N) is 3. The smallest absolute Gasteiger partial charge is 0.274 e. The van der Waals surface area contributed by atoms with Crippen molar-refractivity contribution in [1.29, 1.82) is 0 Å². The molecule has 0 aromatic carbocycles. The third kappa shape index (κ3) is 0.838. The van der Waals surface area contributed by atoms with Crippen LogP contribution >= 0.6 is 0 Å². The van der Waals surface area contributed by atoms with Crippen molar-refractivity contribution in [3.8, 4) is 0 Å². The van der Waals surface area contributed by atoms with Crippen molar-refractivity contribution >= 4 is 11.7 Å². The maximum atomic E-state index is 11.0. The number of amides is 1. The molecule has 0 bridgehead atoms. The second-order valence-electron chi connectivity index (χ2n) is 2.15. The van der Waals surface area contributed by atoms with Crippen molar-refractivity contribution in [2.24, 2.45) is 0 Å². The Morgan fingerprint density at radius 2 is 2.36 bits per heavy atom. The Kier molecular flexibility index (Phi) is 1.10. The Morgan fingerprint density at radius 3 is 3.18 bits per heavy atom. The lowest BCUT2D eigenvalue weighted by Gasteiger charge is -2.19. The Labute approximate surface area is 61.6 Å². The quantitative estimate of drug-likeness (QED) is 0.379. The van der Waals surface area contributed by atoms with Gasteiger partial charge < -0.3 is 20.7 Å². The summed E-state index contributed by atoms with van der Waals surface area (Å²) < 4.78 is 0. The van der Waals surface area contributed by atoms with E-state index in [2.05, 4.69) is 20.6 Å². The van der Waals surface area contributed by atoms with Crippen LogP contribution in [0.3, 0.4) is 0 Å². The monoisotopic (exact) mass is 154 g/mol. The van der Waals surface area contributed by atoms with Crippen LogP contribution in [0, 0.1) is 0 Å². The van der Waals surface area contributed by atoms with Gasteiger partial charge in [-0.3, -0.25) is 4.79 Å². The average Bonchev–Trinajstić information content (AvgIpc) is 2.34. The molecule has 0 fully saturated rings. The largest absolute Gasteiger partial charge is 0.356 e. The molecule has 6 heteroatoms. The van der Waals surface area contributed by atoms with Gasteiger partial charge in [-0.2, -0.15) is 0 Å². The van der Waals surface area contributed by atoms with Crippen LogP contribution < -0.4 is 10.6 Å². The highest BCUT2D eigenvalue weighted by atomic mass is 16.3. The number of hydrogen-bond acceptors (Lipinski definition) is 4. The lowest BCUT2D eigenvalue weighted by Crippen LogP contribution is -2.44. The molecular weight excluding hydrogens is 148 g/mol. The van der Waals surface area contributed by atoms with Gasteiger partial charge in [0, 0.05) is 0 Å². The van der Waals surface area contributed by atoms with E-state index in [9.17, 15) is 4.79 Å². The number of aliphatic hydroxyl groups is 1. The highest BCUT2D eigenvalue weighted by Gasteiger charge is 2.23. The molecule has 1 amide bonds. The average molecular weight is 154 g/mol. The SMILES string of the molecule is O=C1NC(O)Nc2nc[nH]c21. The molecule has 58 valence electrons. The van der Waals surface area contributed by atoms with E-state index < -0.39 is 6.35 Å². The summed E-state index contributed by atoms with van der Waals surface area (Å²) in [7, 11) is 0. The van der Waals surface area contributed by atoms with Gasteiger partial charge in [0.1, 0.15) is 5.69 Å². The predicted octanol–water partition coefficient (Wildman–Crippen LogP) is -1.16. The Hall–Kier alpha value is -1.56. The molecule has 1 aliphatic heterocycles. The number of anilines is 1. The van der Waals surface area contributed by atoms with Crippen molar-refractivity contribution in [3.05, 3.63) is 12.0 Å². The normalized spacial score (nSPS) is 21.9. The number of aromatic amines is 1. The van der Waals surface area contributed by atoms with Crippen LogP contribution in [0.1, 0.15) is 10.5 Å². The third-order valence-electron chi connectivity index (χ3n) is 1.41. The highest BCUT2D eigenvalue weighted by molar-refractivity contribution is 5.98. The summed E-state index contributed by atoms with van der Waals surface area (Å²) in [5.74, 6) is 0.0185. The molecule has 6 nitrogen and oxygen atoms in total. The number of imidazole rings is 1. The van der Waals surface area contributed by atoms with Crippen LogP contribution in [-0.4, -0.2) is 27.3 Å². The fourth-order valence-corrected chi connectivity index (χ4v) is 0.939. The number of H-pyrrole nitrogens is 1. The van der Waals surface area contributed by atoms with E-state index in [4.69, 9.17) is 5.11 Å². The molecule has 0 aliphatic carbocycles. The number of fused-ring (bicyclic) bond motifs is 1.